The number of anilines is 1. The summed E-state index contributed by atoms with van der Waals surface area (Å²) in [5.74, 6) is 0.102. The standard InChI is InChI=1S/C28H27FN4/c1-3-4-8-21-11-13-22(14-12-21)20(2)32-33-28-30-26(23-9-6-5-7-10-23)19-27(31-28)24-15-17-25(29)18-16-24/h5-7,9-19H,3-4,8H2,1-2H3,(H,30,31,33). The first kappa shape index (κ1) is 22.3. The number of nitrogens with zero attached hydrogens (tertiary/aromatic N) is 3. The summed E-state index contributed by atoms with van der Waals surface area (Å²) in [6.07, 6.45) is 3.48. The molecule has 0 aliphatic rings. The van der Waals surface area contributed by atoms with Crippen molar-refractivity contribution in [2.45, 2.75) is 33.1 Å². The van der Waals surface area contributed by atoms with Crippen LogP contribution in [-0.4, -0.2) is 15.7 Å². The summed E-state index contributed by atoms with van der Waals surface area (Å²) in [6.45, 7) is 4.16. The Morgan fingerprint density at radius 1 is 0.848 bits per heavy atom. The number of hydrazone groups is 1. The van der Waals surface area contributed by atoms with E-state index in [-0.39, 0.29) is 5.82 Å². The van der Waals surface area contributed by atoms with Crippen molar-refractivity contribution in [2.24, 2.45) is 5.10 Å². The SMILES string of the molecule is CCCCc1ccc(C(C)=NNc2nc(-c3ccccc3)cc(-c3ccc(F)cc3)n2)cc1. The second-order valence-corrected chi connectivity index (χ2v) is 7.94. The van der Waals surface area contributed by atoms with Gasteiger partial charge in [0.15, 0.2) is 0 Å². The minimum Gasteiger partial charge on any atom is -0.245 e. The Morgan fingerprint density at radius 3 is 2.12 bits per heavy atom. The zero-order valence-corrected chi connectivity index (χ0v) is 18.9. The summed E-state index contributed by atoms with van der Waals surface area (Å²) < 4.78 is 13.4. The second kappa shape index (κ2) is 10.6. The predicted octanol–water partition coefficient (Wildman–Crippen LogP) is 7.13. The van der Waals surface area contributed by atoms with Crippen LogP contribution >= 0.6 is 0 Å². The van der Waals surface area contributed by atoms with Gasteiger partial charge in [0.2, 0.25) is 5.95 Å². The lowest BCUT2D eigenvalue weighted by Gasteiger charge is -2.09. The summed E-state index contributed by atoms with van der Waals surface area (Å²) in [5.41, 5.74) is 9.47. The van der Waals surface area contributed by atoms with Gasteiger partial charge in [-0.1, -0.05) is 67.9 Å². The third-order valence-corrected chi connectivity index (χ3v) is 5.45. The molecule has 0 amide bonds. The Labute approximate surface area is 194 Å². The molecule has 1 heterocycles. The summed E-state index contributed by atoms with van der Waals surface area (Å²) >= 11 is 0. The molecule has 166 valence electrons. The lowest BCUT2D eigenvalue weighted by molar-refractivity contribution is 0.628. The van der Waals surface area contributed by atoms with Gasteiger partial charge in [-0.3, -0.25) is 0 Å². The number of hydrogen-bond donors (Lipinski definition) is 1. The number of unbranched alkanes of at least 4 members (excludes halogenated alkanes) is 1. The molecule has 4 nitrogen and oxygen atoms in total. The van der Waals surface area contributed by atoms with E-state index in [1.165, 1.54) is 30.5 Å². The number of halogens is 1. The minimum absolute atomic E-state index is 0.282. The Morgan fingerprint density at radius 2 is 1.48 bits per heavy atom. The average molecular weight is 439 g/mol. The Balaban J connectivity index is 1.62. The Bertz CT molecular complexity index is 1220. The first-order valence-corrected chi connectivity index (χ1v) is 11.2. The van der Waals surface area contributed by atoms with Crippen LogP contribution in [0.5, 0.6) is 0 Å². The Kier molecular flexibility index (Phi) is 7.20. The van der Waals surface area contributed by atoms with Gasteiger partial charge in [0.05, 0.1) is 17.1 Å². The van der Waals surface area contributed by atoms with Crippen molar-refractivity contribution in [3.05, 3.63) is 102 Å². The smallest absolute Gasteiger partial charge is 0.244 e. The van der Waals surface area contributed by atoms with Crippen LogP contribution in [0.2, 0.25) is 0 Å². The average Bonchev–Trinajstić information content (AvgIpc) is 2.87. The van der Waals surface area contributed by atoms with Gasteiger partial charge < -0.3 is 0 Å². The van der Waals surface area contributed by atoms with E-state index in [2.05, 4.69) is 51.7 Å². The molecule has 0 aliphatic carbocycles. The highest BCUT2D eigenvalue weighted by atomic mass is 19.1. The van der Waals surface area contributed by atoms with Crippen LogP contribution in [0.1, 0.15) is 37.8 Å². The number of rotatable bonds is 8. The molecule has 1 N–H and O–H groups in total. The molecule has 0 saturated carbocycles. The van der Waals surface area contributed by atoms with Crippen LogP contribution in [0, 0.1) is 5.82 Å². The molecule has 5 heteroatoms. The highest BCUT2D eigenvalue weighted by Gasteiger charge is 2.09. The van der Waals surface area contributed by atoms with Crippen LogP contribution in [0.4, 0.5) is 10.3 Å². The topological polar surface area (TPSA) is 50.2 Å². The number of benzene rings is 3. The van der Waals surface area contributed by atoms with Crippen LogP contribution in [0.25, 0.3) is 22.5 Å². The van der Waals surface area contributed by atoms with Crippen LogP contribution < -0.4 is 5.43 Å². The normalized spacial score (nSPS) is 11.4. The van der Waals surface area contributed by atoms with E-state index in [0.717, 1.165) is 34.5 Å². The third kappa shape index (κ3) is 5.89. The van der Waals surface area contributed by atoms with Gasteiger partial charge in [-0.15, -0.1) is 0 Å². The van der Waals surface area contributed by atoms with Gasteiger partial charge >= 0.3 is 0 Å². The van der Waals surface area contributed by atoms with Crippen molar-refractivity contribution < 1.29 is 4.39 Å². The van der Waals surface area contributed by atoms with Crippen LogP contribution in [0.15, 0.2) is 90.0 Å². The minimum atomic E-state index is -0.282. The fourth-order valence-electron chi connectivity index (χ4n) is 3.51. The summed E-state index contributed by atoms with van der Waals surface area (Å²) in [7, 11) is 0. The third-order valence-electron chi connectivity index (χ3n) is 5.45. The van der Waals surface area contributed by atoms with Crippen molar-refractivity contribution in [2.75, 3.05) is 5.43 Å². The van der Waals surface area contributed by atoms with E-state index in [1.54, 1.807) is 12.1 Å². The highest BCUT2D eigenvalue weighted by molar-refractivity contribution is 5.99. The van der Waals surface area contributed by atoms with E-state index in [0.29, 0.717) is 11.6 Å². The monoisotopic (exact) mass is 438 g/mol. The van der Waals surface area contributed by atoms with Crippen molar-refractivity contribution in [3.8, 4) is 22.5 Å². The molecule has 0 fully saturated rings. The van der Waals surface area contributed by atoms with Crippen LogP contribution in [-0.2, 0) is 6.42 Å². The molecule has 0 unspecified atom stereocenters. The fourth-order valence-corrected chi connectivity index (χ4v) is 3.51. The molecule has 33 heavy (non-hydrogen) atoms. The van der Waals surface area contributed by atoms with E-state index in [9.17, 15) is 4.39 Å². The van der Waals surface area contributed by atoms with Gasteiger partial charge in [0.1, 0.15) is 5.82 Å². The summed E-state index contributed by atoms with van der Waals surface area (Å²) in [4.78, 5) is 9.28. The molecule has 0 bridgehead atoms. The lowest BCUT2D eigenvalue weighted by atomic mass is 10.0. The van der Waals surface area contributed by atoms with E-state index in [4.69, 9.17) is 0 Å². The highest BCUT2D eigenvalue weighted by Crippen LogP contribution is 2.25. The van der Waals surface area contributed by atoms with E-state index in [1.807, 2.05) is 43.3 Å². The number of aryl methyl sites for hydroxylation is 1. The summed E-state index contributed by atoms with van der Waals surface area (Å²) in [5, 5.41) is 4.52. The maximum Gasteiger partial charge on any atom is 0.244 e. The maximum absolute atomic E-state index is 13.4. The first-order valence-electron chi connectivity index (χ1n) is 11.2. The summed E-state index contributed by atoms with van der Waals surface area (Å²) in [6, 6.07) is 26.6. The molecule has 0 aliphatic heterocycles. The Hall–Kier alpha value is -3.86. The number of aromatic nitrogens is 2. The van der Waals surface area contributed by atoms with Crippen LogP contribution in [0.3, 0.4) is 0 Å². The second-order valence-electron chi connectivity index (χ2n) is 7.94. The number of nitrogens with one attached hydrogen (secondary N) is 1. The molecule has 0 spiro atoms. The van der Waals surface area contributed by atoms with Gasteiger partial charge in [-0.05, 0) is 61.2 Å². The molecule has 3 aromatic carbocycles. The maximum atomic E-state index is 13.4. The molecular formula is C28H27FN4. The van der Waals surface area contributed by atoms with Gasteiger partial charge in [-0.2, -0.15) is 5.10 Å². The van der Waals surface area contributed by atoms with Crippen molar-refractivity contribution in [1.82, 2.24) is 9.97 Å². The molecule has 1 aromatic heterocycles. The van der Waals surface area contributed by atoms with Crippen molar-refractivity contribution >= 4 is 11.7 Å². The van der Waals surface area contributed by atoms with Gasteiger partial charge in [-0.25, -0.2) is 19.8 Å². The van der Waals surface area contributed by atoms with Crippen molar-refractivity contribution in [1.29, 1.82) is 0 Å². The zero-order chi connectivity index (χ0) is 23.0. The molecule has 4 aromatic rings. The number of hydrogen-bond acceptors (Lipinski definition) is 4. The van der Waals surface area contributed by atoms with Gasteiger partial charge in [0, 0.05) is 11.1 Å². The van der Waals surface area contributed by atoms with E-state index >= 15 is 0 Å². The van der Waals surface area contributed by atoms with E-state index < -0.39 is 0 Å². The molecule has 0 radical (unpaired) electrons. The molecule has 4 rings (SSSR count). The quantitative estimate of drug-likeness (QED) is 0.235. The zero-order valence-electron chi connectivity index (χ0n) is 18.9. The first-order chi connectivity index (χ1) is 16.1. The fraction of sp³-hybridized carbons (Fsp3) is 0.179. The molecule has 0 atom stereocenters. The van der Waals surface area contributed by atoms with Gasteiger partial charge in [0.25, 0.3) is 0 Å². The molecular weight excluding hydrogens is 411 g/mol. The molecule has 0 saturated heterocycles. The lowest BCUT2D eigenvalue weighted by Crippen LogP contribution is -2.04. The van der Waals surface area contributed by atoms with Crippen molar-refractivity contribution in [3.63, 3.8) is 0 Å². The predicted molar refractivity (Wildman–Crippen MR) is 134 cm³/mol. The largest absolute Gasteiger partial charge is 0.245 e.